The van der Waals surface area contributed by atoms with E-state index >= 15 is 0 Å². The molecule has 218 valence electrons. The van der Waals surface area contributed by atoms with Crippen LogP contribution in [0.1, 0.15) is 174 Å². The molecular weight excluding hydrogens is 460 g/mol. The van der Waals surface area contributed by atoms with Crippen LogP contribution in [0, 0.1) is 5.92 Å². The number of ether oxygens (including phenoxy) is 1. The van der Waals surface area contributed by atoms with Gasteiger partial charge in [-0.2, -0.15) is 0 Å². The number of hydrogen-bond donors (Lipinski definition) is 1. The molecule has 0 heterocycles. The van der Waals surface area contributed by atoms with Crippen molar-refractivity contribution < 1.29 is 19.4 Å². The fourth-order valence-electron chi connectivity index (χ4n) is 4.84. The third-order valence-corrected chi connectivity index (χ3v) is 7.29. The van der Waals surface area contributed by atoms with E-state index in [1.54, 1.807) is 0 Å². The number of carboxylic acids is 1. The first-order chi connectivity index (χ1) is 18.1. The zero-order valence-corrected chi connectivity index (χ0v) is 24.8. The summed E-state index contributed by atoms with van der Waals surface area (Å²) >= 11 is 0. The molecule has 0 saturated carbocycles. The van der Waals surface area contributed by atoms with E-state index in [-0.39, 0.29) is 12.4 Å². The van der Waals surface area contributed by atoms with Crippen LogP contribution in [-0.2, 0) is 14.3 Å². The quantitative estimate of drug-likeness (QED) is 0.0602. The molecule has 0 aromatic rings. The highest BCUT2D eigenvalue weighted by Gasteiger charge is 2.21. The predicted molar refractivity (Wildman–Crippen MR) is 158 cm³/mol. The van der Waals surface area contributed by atoms with E-state index in [4.69, 9.17) is 4.74 Å². The van der Waals surface area contributed by atoms with Gasteiger partial charge in [-0.05, 0) is 38.5 Å². The van der Waals surface area contributed by atoms with Crippen LogP contribution in [0.2, 0.25) is 0 Å². The molecule has 0 radical (unpaired) electrons. The van der Waals surface area contributed by atoms with Gasteiger partial charge in [-0.1, -0.05) is 142 Å². The number of carbonyl (C=O) groups excluding carboxylic acids is 1. The maximum Gasteiger partial charge on any atom is 0.307 e. The van der Waals surface area contributed by atoms with Gasteiger partial charge >= 0.3 is 11.9 Å². The van der Waals surface area contributed by atoms with Crippen molar-refractivity contribution in [3.05, 3.63) is 12.2 Å². The summed E-state index contributed by atoms with van der Waals surface area (Å²) in [4.78, 5) is 23.0. The Balaban J connectivity index is 3.37. The van der Waals surface area contributed by atoms with Gasteiger partial charge in [0.15, 0.2) is 0 Å². The Morgan fingerprint density at radius 1 is 0.595 bits per heavy atom. The summed E-state index contributed by atoms with van der Waals surface area (Å²) in [5.41, 5.74) is 0. The van der Waals surface area contributed by atoms with E-state index in [0.717, 1.165) is 38.5 Å². The lowest BCUT2D eigenvalue weighted by molar-refractivity contribution is -0.151. The molecule has 4 heteroatoms. The SMILES string of the molecule is CCCCCCCCCCCCCCCCCC/C=C/CCCCCCC(CC(=O)OCCC)C(=O)O. The molecule has 0 aliphatic carbocycles. The highest BCUT2D eigenvalue weighted by molar-refractivity contribution is 5.78. The van der Waals surface area contributed by atoms with E-state index in [0.29, 0.717) is 13.0 Å². The van der Waals surface area contributed by atoms with Crippen molar-refractivity contribution >= 4 is 11.9 Å². The second kappa shape index (κ2) is 29.2. The number of carbonyl (C=O) groups is 2. The summed E-state index contributed by atoms with van der Waals surface area (Å²) in [5, 5.41) is 9.31. The maximum absolute atomic E-state index is 11.7. The van der Waals surface area contributed by atoms with Crippen molar-refractivity contribution in [2.24, 2.45) is 5.92 Å². The Labute approximate surface area is 230 Å². The van der Waals surface area contributed by atoms with Crippen LogP contribution in [0.15, 0.2) is 12.2 Å². The van der Waals surface area contributed by atoms with Crippen molar-refractivity contribution in [3.63, 3.8) is 0 Å². The average molecular weight is 523 g/mol. The number of rotatable bonds is 29. The van der Waals surface area contributed by atoms with Crippen molar-refractivity contribution in [3.8, 4) is 0 Å². The van der Waals surface area contributed by atoms with Gasteiger partial charge in [0.05, 0.1) is 18.9 Å². The van der Waals surface area contributed by atoms with Crippen LogP contribution in [0.25, 0.3) is 0 Å². The monoisotopic (exact) mass is 522 g/mol. The lowest BCUT2D eigenvalue weighted by Crippen LogP contribution is -2.19. The first kappa shape index (κ1) is 35.7. The van der Waals surface area contributed by atoms with Crippen LogP contribution in [0.3, 0.4) is 0 Å². The van der Waals surface area contributed by atoms with E-state index in [1.165, 1.54) is 109 Å². The predicted octanol–water partition coefficient (Wildman–Crippen LogP) is 10.6. The first-order valence-electron chi connectivity index (χ1n) is 16.1. The third-order valence-electron chi connectivity index (χ3n) is 7.29. The van der Waals surface area contributed by atoms with E-state index < -0.39 is 11.9 Å². The van der Waals surface area contributed by atoms with Crippen molar-refractivity contribution in [2.45, 2.75) is 174 Å². The summed E-state index contributed by atoms with van der Waals surface area (Å²) in [6.45, 7) is 4.59. The number of unbranched alkanes of at least 4 members (excludes halogenated alkanes) is 20. The lowest BCUT2D eigenvalue weighted by Gasteiger charge is -2.11. The first-order valence-corrected chi connectivity index (χ1v) is 16.1. The van der Waals surface area contributed by atoms with Crippen LogP contribution < -0.4 is 0 Å². The third kappa shape index (κ3) is 27.5. The standard InChI is InChI=1S/C33H62O4/c1-3-5-6-7-8-9-10-11-12-13-14-15-16-17-18-19-20-21-22-23-24-25-26-27-28-31(33(35)36)30-32(34)37-29-4-2/h21-22,31H,3-20,23-30H2,1-2H3,(H,35,36)/b22-21+. The van der Waals surface area contributed by atoms with Gasteiger partial charge in [-0.25, -0.2) is 0 Å². The Hall–Kier alpha value is -1.32. The number of carboxylic acid groups (broad SMARTS) is 1. The van der Waals surface area contributed by atoms with Crippen LogP contribution in [0.4, 0.5) is 0 Å². The Kier molecular flexibility index (Phi) is 28.2. The summed E-state index contributed by atoms with van der Waals surface area (Å²) in [6, 6.07) is 0. The van der Waals surface area contributed by atoms with Gasteiger partial charge < -0.3 is 9.84 Å². The topological polar surface area (TPSA) is 63.6 Å². The van der Waals surface area contributed by atoms with Crippen molar-refractivity contribution in [1.29, 1.82) is 0 Å². The van der Waals surface area contributed by atoms with Gasteiger partial charge in [0.2, 0.25) is 0 Å². The highest BCUT2D eigenvalue weighted by Crippen LogP contribution is 2.17. The fourth-order valence-corrected chi connectivity index (χ4v) is 4.84. The van der Waals surface area contributed by atoms with Gasteiger partial charge in [0, 0.05) is 0 Å². The Morgan fingerprint density at radius 2 is 1.00 bits per heavy atom. The minimum atomic E-state index is -0.884. The Morgan fingerprint density at radius 3 is 1.41 bits per heavy atom. The molecular formula is C33H62O4. The normalized spacial score (nSPS) is 12.3. The molecule has 37 heavy (non-hydrogen) atoms. The zero-order valence-electron chi connectivity index (χ0n) is 24.8. The van der Waals surface area contributed by atoms with Gasteiger partial charge in [-0.3, -0.25) is 9.59 Å². The van der Waals surface area contributed by atoms with Gasteiger partial charge in [0.25, 0.3) is 0 Å². The molecule has 4 nitrogen and oxygen atoms in total. The molecule has 0 amide bonds. The second-order valence-electron chi connectivity index (χ2n) is 11.0. The molecule has 1 atom stereocenters. The summed E-state index contributed by atoms with van der Waals surface area (Å²) < 4.78 is 5.02. The molecule has 0 saturated heterocycles. The highest BCUT2D eigenvalue weighted by atomic mass is 16.5. The summed E-state index contributed by atoms with van der Waals surface area (Å²) in [7, 11) is 0. The number of allylic oxidation sites excluding steroid dienone is 2. The molecule has 0 fully saturated rings. The molecule has 0 rings (SSSR count). The fraction of sp³-hybridized carbons (Fsp3) is 0.879. The van der Waals surface area contributed by atoms with Crippen molar-refractivity contribution in [1.82, 2.24) is 0 Å². The van der Waals surface area contributed by atoms with Gasteiger partial charge in [0.1, 0.15) is 0 Å². The minimum absolute atomic E-state index is 0.00255. The number of aliphatic carboxylic acids is 1. The Bertz CT molecular complexity index is 528. The minimum Gasteiger partial charge on any atom is -0.481 e. The number of esters is 1. The summed E-state index contributed by atoms with van der Waals surface area (Å²) in [6.07, 6.45) is 35.1. The molecule has 0 aliphatic heterocycles. The number of hydrogen-bond acceptors (Lipinski definition) is 3. The van der Waals surface area contributed by atoms with Crippen LogP contribution >= 0.6 is 0 Å². The molecule has 1 unspecified atom stereocenters. The van der Waals surface area contributed by atoms with Gasteiger partial charge in [-0.15, -0.1) is 0 Å². The molecule has 1 N–H and O–H groups in total. The van der Waals surface area contributed by atoms with Crippen molar-refractivity contribution in [2.75, 3.05) is 6.61 Å². The molecule has 0 aromatic carbocycles. The van der Waals surface area contributed by atoms with E-state index in [1.807, 2.05) is 6.92 Å². The zero-order chi connectivity index (χ0) is 27.2. The van der Waals surface area contributed by atoms with Crippen LogP contribution in [-0.4, -0.2) is 23.7 Å². The average Bonchev–Trinajstić information content (AvgIpc) is 2.89. The molecule has 0 aromatic heterocycles. The summed E-state index contributed by atoms with van der Waals surface area (Å²) in [5.74, 6) is -1.88. The molecule has 0 aliphatic rings. The largest absolute Gasteiger partial charge is 0.481 e. The van der Waals surface area contributed by atoms with Crippen LogP contribution in [0.5, 0.6) is 0 Å². The smallest absolute Gasteiger partial charge is 0.307 e. The van der Waals surface area contributed by atoms with E-state index in [2.05, 4.69) is 19.1 Å². The lowest BCUT2D eigenvalue weighted by atomic mass is 9.97. The second-order valence-corrected chi connectivity index (χ2v) is 11.0. The maximum atomic E-state index is 11.7. The molecule has 0 bridgehead atoms. The van der Waals surface area contributed by atoms with E-state index in [9.17, 15) is 14.7 Å². The molecule has 0 spiro atoms.